The molecule has 0 bridgehead atoms. The minimum Gasteiger partial charge on any atom is -0.287 e. The maximum atomic E-state index is 12.6. The number of rotatable bonds is 0. The van der Waals surface area contributed by atoms with E-state index in [0.29, 0.717) is 15.9 Å². The lowest BCUT2D eigenvalue weighted by atomic mass is 10.2. The van der Waals surface area contributed by atoms with Gasteiger partial charge in [-0.3, -0.25) is 13.9 Å². The average Bonchev–Trinajstić information content (AvgIpc) is 2.97. The van der Waals surface area contributed by atoms with Gasteiger partial charge in [0.05, 0.1) is 21.3 Å². The first-order valence-electron chi connectivity index (χ1n) is 6.43. The molecule has 0 unspecified atom stereocenters. The maximum Gasteiger partial charge on any atom is 0.212 e. The maximum absolute atomic E-state index is 12.6. The monoisotopic (exact) mass is 294 g/mol. The molecule has 0 aliphatic heterocycles. The second kappa shape index (κ2) is 3.93. The van der Waals surface area contributed by atoms with Crippen LogP contribution < -0.4 is 5.43 Å². The third-order valence-corrected chi connectivity index (χ3v) is 4.84. The summed E-state index contributed by atoms with van der Waals surface area (Å²) in [7, 11) is 1.82. The SMILES string of the molecule is Cc1nn(C)c2c1c(=O)c(C#N)c1sc3ccccc3n12. The summed E-state index contributed by atoms with van der Waals surface area (Å²) in [6.07, 6.45) is 0. The molecule has 0 spiro atoms. The largest absolute Gasteiger partial charge is 0.287 e. The molecular weight excluding hydrogens is 284 g/mol. The molecule has 0 saturated carbocycles. The van der Waals surface area contributed by atoms with Gasteiger partial charge in [0, 0.05) is 7.05 Å². The van der Waals surface area contributed by atoms with Crippen LogP contribution in [0.1, 0.15) is 11.3 Å². The summed E-state index contributed by atoms with van der Waals surface area (Å²) in [5, 5.41) is 14.3. The number of para-hydroxylation sites is 1. The van der Waals surface area contributed by atoms with Crippen molar-refractivity contribution in [1.82, 2.24) is 14.2 Å². The zero-order chi connectivity index (χ0) is 14.7. The molecule has 1 aromatic carbocycles. The highest BCUT2D eigenvalue weighted by molar-refractivity contribution is 7.24. The summed E-state index contributed by atoms with van der Waals surface area (Å²) in [5.41, 5.74) is 2.34. The summed E-state index contributed by atoms with van der Waals surface area (Å²) < 4.78 is 4.72. The fraction of sp³-hybridized carbons (Fsp3) is 0.133. The van der Waals surface area contributed by atoms with Crippen molar-refractivity contribution >= 4 is 37.4 Å². The predicted octanol–water partition coefficient (Wildman–Crippen LogP) is 2.58. The highest BCUT2D eigenvalue weighted by Gasteiger charge is 2.20. The summed E-state index contributed by atoms with van der Waals surface area (Å²) in [4.78, 5) is 13.3. The number of pyridine rings is 1. The van der Waals surface area contributed by atoms with Crippen molar-refractivity contribution < 1.29 is 0 Å². The van der Waals surface area contributed by atoms with Crippen LogP contribution in [0.15, 0.2) is 29.1 Å². The average molecular weight is 294 g/mol. The Bertz CT molecular complexity index is 1140. The van der Waals surface area contributed by atoms with E-state index in [2.05, 4.69) is 11.2 Å². The van der Waals surface area contributed by atoms with E-state index in [1.807, 2.05) is 35.7 Å². The Kier molecular flexibility index (Phi) is 2.27. The summed E-state index contributed by atoms with van der Waals surface area (Å²) in [6, 6.07) is 9.96. The first-order chi connectivity index (χ1) is 10.1. The minimum absolute atomic E-state index is 0.194. The van der Waals surface area contributed by atoms with Crippen molar-refractivity contribution in [3.63, 3.8) is 0 Å². The summed E-state index contributed by atoms with van der Waals surface area (Å²) in [6.45, 7) is 1.80. The van der Waals surface area contributed by atoms with Crippen LogP contribution in [0.25, 0.3) is 26.1 Å². The Morgan fingerprint density at radius 3 is 2.86 bits per heavy atom. The Morgan fingerprint density at radius 2 is 2.10 bits per heavy atom. The molecule has 3 heterocycles. The van der Waals surface area contributed by atoms with Crippen molar-refractivity contribution in [3.8, 4) is 6.07 Å². The van der Waals surface area contributed by atoms with Crippen LogP contribution in [0.5, 0.6) is 0 Å². The number of hydrogen-bond donors (Lipinski definition) is 0. The Balaban J connectivity index is 2.51. The molecule has 5 nitrogen and oxygen atoms in total. The van der Waals surface area contributed by atoms with Gasteiger partial charge in [0.25, 0.3) is 0 Å². The fourth-order valence-corrected chi connectivity index (χ4v) is 3.98. The quantitative estimate of drug-likeness (QED) is 0.501. The molecule has 6 heteroatoms. The van der Waals surface area contributed by atoms with Crippen molar-refractivity contribution in [2.75, 3.05) is 0 Å². The molecule has 0 amide bonds. The van der Waals surface area contributed by atoms with Crippen LogP contribution in [0.3, 0.4) is 0 Å². The predicted molar refractivity (Wildman–Crippen MR) is 82.8 cm³/mol. The van der Waals surface area contributed by atoms with Crippen LogP contribution in [0.4, 0.5) is 0 Å². The topological polar surface area (TPSA) is 63.1 Å². The third-order valence-electron chi connectivity index (χ3n) is 3.70. The number of aryl methyl sites for hydroxylation is 2. The standard InChI is InChI=1S/C15H10N4OS/c1-8-12-13(20)9(7-16)15-19(14(12)18(2)17-8)10-5-3-4-6-11(10)21-15/h3-6H,1-2H3. The van der Waals surface area contributed by atoms with E-state index in [1.165, 1.54) is 11.3 Å². The molecule has 0 saturated heterocycles. The van der Waals surface area contributed by atoms with Crippen LogP contribution in [-0.2, 0) is 7.05 Å². The molecule has 3 aromatic heterocycles. The lowest BCUT2D eigenvalue weighted by Crippen LogP contribution is -2.10. The smallest absolute Gasteiger partial charge is 0.212 e. The molecule has 0 radical (unpaired) electrons. The van der Waals surface area contributed by atoms with E-state index >= 15 is 0 Å². The van der Waals surface area contributed by atoms with Gasteiger partial charge in [-0.15, -0.1) is 11.3 Å². The lowest BCUT2D eigenvalue weighted by Gasteiger charge is -2.02. The van der Waals surface area contributed by atoms with Gasteiger partial charge in [-0.2, -0.15) is 10.4 Å². The molecule has 4 aromatic rings. The number of nitriles is 1. The Labute approximate surface area is 123 Å². The summed E-state index contributed by atoms with van der Waals surface area (Å²) in [5.74, 6) is 0. The Hall–Kier alpha value is -2.65. The summed E-state index contributed by atoms with van der Waals surface area (Å²) >= 11 is 1.46. The van der Waals surface area contributed by atoms with Gasteiger partial charge in [-0.1, -0.05) is 12.1 Å². The zero-order valence-electron chi connectivity index (χ0n) is 11.4. The second-order valence-corrected chi connectivity index (χ2v) is 5.96. The van der Waals surface area contributed by atoms with E-state index in [9.17, 15) is 10.1 Å². The van der Waals surface area contributed by atoms with Crippen LogP contribution in [0.2, 0.25) is 0 Å². The molecule has 0 aliphatic rings. The number of nitrogens with zero attached hydrogens (tertiary/aromatic N) is 4. The van der Waals surface area contributed by atoms with Gasteiger partial charge in [-0.05, 0) is 19.1 Å². The fourth-order valence-electron chi connectivity index (χ4n) is 2.85. The van der Waals surface area contributed by atoms with Gasteiger partial charge in [0.15, 0.2) is 0 Å². The first kappa shape index (κ1) is 12.1. The van der Waals surface area contributed by atoms with Gasteiger partial charge < -0.3 is 0 Å². The number of benzene rings is 1. The molecule has 102 valence electrons. The number of aromatic nitrogens is 3. The van der Waals surface area contributed by atoms with Crippen LogP contribution in [0, 0.1) is 18.3 Å². The first-order valence-corrected chi connectivity index (χ1v) is 7.25. The van der Waals surface area contributed by atoms with Crippen molar-refractivity contribution in [3.05, 3.63) is 45.7 Å². The van der Waals surface area contributed by atoms with E-state index in [0.717, 1.165) is 15.9 Å². The van der Waals surface area contributed by atoms with Gasteiger partial charge in [0.1, 0.15) is 22.1 Å². The number of thiazole rings is 1. The highest BCUT2D eigenvalue weighted by atomic mass is 32.1. The van der Waals surface area contributed by atoms with Crippen molar-refractivity contribution in [2.24, 2.45) is 7.05 Å². The number of fused-ring (bicyclic) bond motifs is 5. The van der Waals surface area contributed by atoms with E-state index < -0.39 is 0 Å². The van der Waals surface area contributed by atoms with E-state index in [1.54, 1.807) is 11.6 Å². The minimum atomic E-state index is -0.232. The number of hydrogen-bond acceptors (Lipinski definition) is 4. The normalized spacial score (nSPS) is 11.5. The van der Waals surface area contributed by atoms with Crippen LogP contribution in [-0.4, -0.2) is 14.2 Å². The molecule has 0 atom stereocenters. The van der Waals surface area contributed by atoms with Crippen molar-refractivity contribution in [2.45, 2.75) is 6.92 Å². The molecule has 0 N–H and O–H groups in total. The molecular formula is C15H10N4OS. The van der Waals surface area contributed by atoms with Crippen LogP contribution >= 0.6 is 11.3 Å². The molecule has 4 rings (SSSR count). The zero-order valence-corrected chi connectivity index (χ0v) is 12.2. The lowest BCUT2D eigenvalue weighted by molar-refractivity contribution is 0.771. The third kappa shape index (κ3) is 1.38. The second-order valence-electron chi connectivity index (χ2n) is 4.93. The molecule has 21 heavy (non-hydrogen) atoms. The van der Waals surface area contributed by atoms with E-state index in [-0.39, 0.29) is 11.0 Å². The van der Waals surface area contributed by atoms with Gasteiger partial charge >= 0.3 is 0 Å². The van der Waals surface area contributed by atoms with E-state index in [4.69, 9.17) is 0 Å². The molecule has 0 aliphatic carbocycles. The van der Waals surface area contributed by atoms with Gasteiger partial charge in [-0.25, -0.2) is 0 Å². The van der Waals surface area contributed by atoms with Crippen molar-refractivity contribution in [1.29, 1.82) is 5.26 Å². The van der Waals surface area contributed by atoms with Gasteiger partial charge in [0.2, 0.25) is 5.43 Å². The highest BCUT2D eigenvalue weighted by Crippen LogP contribution is 2.31. The molecule has 0 fully saturated rings. The Morgan fingerprint density at radius 1 is 1.33 bits per heavy atom.